The summed E-state index contributed by atoms with van der Waals surface area (Å²) >= 11 is 1.00. The van der Waals surface area contributed by atoms with Crippen molar-refractivity contribution in [1.29, 1.82) is 0 Å². The molecule has 3 atom stereocenters. The molecular weight excluding hydrogens is 371 g/mol. The van der Waals surface area contributed by atoms with Gasteiger partial charge in [-0.1, -0.05) is 24.3 Å². The van der Waals surface area contributed by atoms with Gasteiger partial charge in [0.15, 0.2) is 5.01 Å². The van der Waals surface area contributed by atoms with Gasteiger partial charge in [0.05, 0.1) is 12.3 Å². The second-order valence-corrected chi connectivity index (χ2v) is 9.87. The molecule has 3 rings (SSSR count). The van der Waals surface area contributed by atoms with Crippen LogP contribution in [-0.2, 0) is 17.1 Å². The molecule has 1 aromatic carbocycles. The zero-order valence-electron chi connectivity index (χ0n) is 15.1. The highest BCUT2D eigenvalue weighted by atomic mass is 32.1. The molecule has 6 heteroatoms. The van der Waals surface area contributed by atoms with Crippen LogP contribution in [0.25, 0.3) is 11.3 Å². The van der Waals surface area contributed by atoms with Crippen LogP contribution in [0.5, 0.6) is 0 Å². The van der Waals surface area contributed by atoms with Crippen LogP contribution < -0.4 is 0 Å². The van der Waals surface area contributed by atoms with Crippen molar-refractivity contribution < 1.29 is 13.5 Å². The van der Waals surface area contributed by atoms with Crippen molar-refractivity contribution in [1.82, 2.24) is 4.98 Å². The minimum atomic E-state index is -2.89. The van der Waals surface area contributed by atoms with Crippen molar-refractivity contribution >= 4 is 18.7 Å². The van der Waals surface area contributed by atoms with E-state index in [0.717, 1.165) is 56.3 Å². The van der Waals surface area contributed by atoms with Crippen molar-refractivity contribution in [2.45, 2.75) is 37.8 Å². The topological polar surface area (TPSA) is 22.1 Å². The summed E-state index contributed by atoms with van der Waals surface area (Å²) in [6.45, 7) is 4.66. The van der Waals surface area contributed by atoms with Gasteiger partial charge in [0.1, 0.15) is 0 Å². The van der Waals surface area contributed by atoms with Crippen LogP contribution in [0.15, 0.2) is 29.6 Å². The molecule has 0 N–H and O–H groups in total. The molecule has 1 aliphatic heterocycles. The van der Waals surface area contributed by atoms with Gasteiger partial charge in [0.2, 0.25) is 0 Å². The van der Waals surface area contributed by atoms with Crippen molar-refractivity contribution in [3.05, 3.63) is 40.2 Å². The summed E-state index contributed by atoms with van der Waals surface area (Å²) in [5.41, 5.74) is 3.31. The molecule has 2 unspecified atom stereocenters. The van der Waals surface area contributed by atoms with E-state index in [4.69, 9.17) is 10.9 Å². The number of nitrogens with zero attached hydrogens (tertiary/aromatic N) is 1. The molecule has 0 spiro atoms. The standard InChI is InChI=1S/C20H24F2NOPS/c1-20(21,22)19-23-17(13-26-19)15-7-4-14(5-8-15)6-9-16-12-24-11-10-18(16)25(2)3/h2,4-5,7-8,13,16,18H,6,9-12H2,1,3H3/t16-,18?/m0/s1. The third-order valence-corrected chi connectivity index (χ3v) is 7.63. The average molecular weight is 395 g/mol. The van der Waals surface area contributed by atoms with Crippen LogP contribution >= 0.6 is 18.7 Å². The predicted octanol–water partition coefficient (Wildman–Crippen LogP) is 5.96. The number of halogens is 2. The Labute approximate surface area is 158 Å². The summed E-state index contributed by atoms with van der Waals surface area (Å²) in [6, 6.07) is 8.06. The van der Waals surface area contributed by atoms with E-state index in [2.05, 4.69) is 23.8 Å². The molecule has 0 amide bonds. The van der Waals surface area contributed by atoms with Crippen LogP contribution in [0.2, 0.25) is 0 Å². The van der Waals surface area contributed by atoms with Gasteiger partial charge in [-0.3, -0.25) is 0 Å². The lowest BCUT2D eigenvalue weighted by molar-refractivity contribution is 0.0173. The second-order valence-electron chi connectivity index (χ2n) is 7.02. The van der Waals surface area contributed by atoms with Gasteiger partial charge < -0.3 is 4.74 Å². The number of benzene rings is 1. The first-order chi connectivity index (χ1) is 12.3. The Morgan fingerprint density at radius 2 is 2.08 bits per heavy atom. The van der Waals surface area contributed by atoms with E-state index in [1.807, 2.05) is 12.1 Å². The van der Waals surface area contributed by atoms with Gasteiger partial charge in [-0.15, -0.1) is 24.8 Å². The van der Waals surface area contributed by atoms with Crippen molar-refractivity contribution in [2.24, 2.45) is 5.92 Å². The van der Waals surface area contributed by atoms with Gasteiger partial charge in [-0.25, -0.2) is 4.98 Å². The first kappa shape index (κ1) is 19.5. The molecule has 1 fully saturated rings. The zero-order chi connectivity index (χ0) is 18.7. The number of rotatable bonds is 5. The van der Waals surface area contributed by atoms with Gasteiger partial charge in [0, 0.05) is 30.1 Å². The Balaban J connectivity index is 1.63. The zero-order valence-corrected chi connectivity index (χ0v) is 16.8. The largest absolute Gasteiger partial charge is 0.381 e. The summed E-state index contributed by atoms with van der Waals surface area (Å²) in [5, 5.41) is 1.55. The van der Waals surface area contributed by atoms with Crippen molar-refractivity contribution in [3.8, 4) is 17.4 Å². The fraction of sp³-hybridized carbons (Fsp3) is 0.500. The smallest absolute Gasteiger partial charge is 0.296 e. The SMILES string of the molecule is C#P(C)C1CCOC[C@@H]1CCc1ccc(-c2csc(C(C)(F)F)n2)cc1. The normalized spacial score (nSPS) is 21.6. The lowest BCUT2D eigenvalue weighted by Gasteiger charge is -2.31. The molecular formula is C20H24F2NOPS. The van der Waals surface area contributed by atoms with Gasteiger partial charge in [0.25, 0.3) is 5.92 Å². The molecule has 0 radical (unpaired) electrons. The fourth-order valence-electron chi connectivity index (χ4n) is 3.40. The summed E-state index contributed by atoms with van der Waals surface area (Å²) < 4.78 is 32.3. The lowest BCUT2D eigenvalue weighted by Crippen LogP contribution is -2.29. The molecule has 0 aliphatic carbocycles. The number of thiazole rings is 1. The Morgan fingerprint density at radius 1 is 1.35 bits per heavy atom. The van der Waals surface area contributed by atoms with Crippen LogP contribution in [0, 0.1) is 12.0 Å². The van der Waals surface area contributed by atoms with Crippen molar-refractivity contribution in [3.63, 3.8) is 0 Å². The van der Waals surface area contributed by atoms with Crippen LogP contribution in [0.1, 0.15) is 30.3 Å². The van der Waals surface area contributed by atoms with E-state index in [9.17, 15) is 8.78 Å². The molecule has 2 aromatic rings. The Bertz CT molecular complexity index is 804. The maximum Gasteiger partial charge on any atom is 0.296 e. The maximum absolute atomic E-state index is 13.3. The van der Waals surface area contributed by atoms with E-state index in [1.54, 1.807) is 5.38 Å². The molecule has 1 aromatic heterocycles. The summed E-state index contributed by atoms with van der Waals surface area (Å²) in [5.74, 6) is -2.36. The van der Waals surface area contributed by atoms with Gasteiger partial charge >= 0.3 is 0 Å². The van der Waals surface area contributed by atoms with E-state index >= 15 is 0 Å². The molecule has 1 aliphatic rings. The molecule has 2 heterocycles. The second kappa shape index (κ2) is 8.19. The quantitative estimate of drug-likeness (QED) is 0.583. The first-order valence-electron chi connectivity index (χ1n) is 8.83. The minimum absolute atomic E-state index is 0.141. The molecule has 140 valence electrons. The Morgan fingerprint density at radius 3 is 2.69 bits per heavy atom. The molecule has 0 bridgehead atoms. The first-order valence-corrected chi connectivity index (χ1v) is 11.6. The van der Waals surface area contributed by atoms with Crippen LogP contribution in [-0.4, -0.2) is 30.5 Å². The average Bonchev–Trinajstić information content (AvgIpc) is 3.11. The lowest BCUT2D eigenvalue weighted by atomic mass is 9.93. The van der Waals surface area contributed by atoms with E-state index < -0.39 is 13.3 Å². The van der Waals surface area contributed by atoms with Gasteiger partial charge in [-0.05, 0) is 37.4 Å². The Hall–Kier alpha value is -1.25. The number of aromatic nitrogens is 1. The third-order valence-electron chi connectivity index (χ3n) is 4.89. The Kier molecular flexibility index (Phi) is 6.14. The number of ether oxygens (including phenoxy) is 1. The summed E-state index contributed by atoms with van der Waals surface area (Å²) in [7, 11) is -0.430. The fourth-order valence-corrected chi connectivity index (χ4v) is 5.58. The van der Waals surface area contributed by atoms with Crippen LogP contribution in [0.4, 0.5) is 8.78 Å². The van der Waals surface area contributed by atoms with E-state index in [-0.39, 0.29) is 5.01 Å². The highest BCUT2D eigenvalue weighted by Crippen LogP contribution is 2.36. The molecule has 26 heavy (non-hydrogen) atoms. The van der Waals surface area contributed by atoms with Crippen LogP contribution in [0.3, 0.4) is 0 Å². The number of alkyl halides is 2. The van der Waals surface area contributed by atoms with E-state index in [1.165, 1.54) is 5.56 Å². The van der Waals surface area contributed by atoms with E-state index in [0.29, 0.717) is 17.3 Å². The summed E-state index contributed by atoms with van der Waals surface area (Å²) in [6.07, 6.45) is 9.30. The predicted molar refractivity (Wildman–Crippen MR) is 106 cm³/mol. The number of aryl methyl sites for hydroxylation is 1. The number of hydrogen-bond donors (Lipinski definition) is 0. The van der Waals surface area contributed by atoms with Gasteiger partial charge in [-0.2, -0.15) is 8.78 Å². The third kappa shape index (κ3) is 4.72. The highest BCUT2D eigenvalue weighted by molar-refractivity contribution is 7.46. The molecule has 2 nitrogen and oxygen atoms in total. The molecule has 0 saturated carbocycles. The highest BCUT2D eigenvalue weighted by Gasteiger charge is 2.28. The molecule has 1 saturated heterocycles. The summed E-state index contributed by atoms with van der Waals surface area (Å²) in [4.78, 5) is 4.07. The monoisotopic (exact) mass is 395 g/mol. The van der Waals surface area contributed by atoms with Crippen molar-refractivity contribution in [2.75, 3.05) is 19.9 Å². The number of hydrogen-bond acceptors (Lipinski definition) is 3. The minimum Gasteiger partial charge on any atom is -0.381 e. The maximum atomic E-state index is 13.3.